The summed E-state index contributed by atoms with van der Waals surface area (Å²) in [7, 11) is 0. The highest BCUT2D eigenvalue weighted by atomic mass is 16.3. The van der Waals surface area contributed by atoms with E-state index in [0.717, 1.165) is 30.5 Å². The minimum atomic E-state index is -0.381. The molecule has 0 aliphatic carbocycles. The van der Waals surface area contributed by atoms with Crippen LogP contribution in [0.1, 0.15) is 51.7 Å². The molecule has 19 heavy (non-hydrogen) atoms. The van der Waals surface area contributed by atoms with E-state index in [1.807, 2.05) is 31.2 Å². The first-order valence-electron chi connectivity index (χ1n) is 7.33. The smallest absolute Gasteiger partial charge is 0.0787 e. The molecular formula is C16H27NO2. The van der Waals surface area contributed by atoms with Crippen molar-refractivity contribution in [1.29, 1.82) is 0 Å². The van der Waals surface area contributed by atoms with Crippen LogP contribution in [-0.2, 0) is 0 Å². The predicted molar refractivity (Wildman–Crippen MR) is 80.5 cm³/mol. The molecule has 0 aliphatic rings. The minimum Gasteiger partial charge on any atom is -0.395 e. The van der Waals surface area contributed by atoms with E-state index in [2.05, 4.69) is 18.7 Å². The van der Waals surface area contributed by atoms with Crippen molar-refractivity contribution >= 4 is 5.69 Å². The Hall–Kier alpha value is -1.06. The summed E-state index contributed by atoms with van der Waals surface area (Å²) in [4.78, 5) is 2.25. The molecule has 0 saturated heterocycles. The zero-order valence-corrected chi connectivity index (χ0v) is 12.3. The number of rotatable bonds is 8. The Morgan fingerprint density at radius 2 is 1.58 bits per heavy atom. The van der Waals surface area contributed by atoms with Gasteiger partial charge in [-0.15, -0.1) is 0 Å². The second-order valence-corrected chi connectivity index (χ2v) is 4.90. The van der Waals surface area contributed by atoms with E-state index < -0.39 is 0 Å². The zero-order chi connectivity index (χ0) is 14.3. The first-order valence-corrected chi connectivity index (χ1v) is 7.33. The molecular weight excluding hydrogens is 238 g/mol. The second kappa shape index (κ2) is 8.18. The Morgan fingerprint density at radius 3 is 2.00 bits per heavy atom. The molecule has 0 spiro atoms. The lowest BCUT2D eigenvalue weighted by atomic mass is 10.0. The van der Waals surface area contributed by atoms with Crippen LogP contribution in [0, 0.1) is 0 Å². The predicted octanol–water partition coefficient (Wildman–Crippen LogP) is 3.12. The van der Waals surface area contributed by atoms with Crippen molar-refractivity contribution < 1.29 is 10.2 Å². The van der Waals surface area contributed by atoms with E-state index in [1.54, 1.807) is 0 Å². The largest absolute Gasteiger partial charge is 0.395 e. The van der Waals surface area contributed by atoms with Gasteiger partial charge in [0, 0.05) is 18.3 Å². The average Bonchev–Trinajstić information content (AvgIpc) is 2.47. The molecule has 0 aliphatic heterocycles. The third-order valence-electron chi connectivity index (χ3n) is 3.72. The molecule has 1 unspecified atom stereocenters. The number of hydrogen-bond donors (Lipinski definition) is 2. The lowest BCUT2D eigenvalue weighted by Gasteiger charge is -2.32. The molecule has 3 heteroatoms. The Bertz CT molecular complexity index is 346. The van der Waals surface area contributed by atoms with Crippen LogP contribution in [0.25, 0.3) is 0 Å². The Balaban J connectivity index is 2.90. The number of nitrogens with zero attached hydrogens (tertiary/aromatic N) is 1. The van der Waals surface area contributed by atoms with Crippen LogP contribution in [-0.4, -0.2) is 29.4 Å². The van der Waals surface area contributed by atoms with Crippen molar-refractivity contribution in [3.63, 3.8) is 0 Å². The van der Waals surface area contributed by atoms with Gasteiger partial charge in [0.2, 0.25) is 0 Å². The second-order valence-electron chi connectivity index (χ2n) is 4.90. The quantitative estimate of drug-likeness (QED) is 0.759. The summed E-state index contributed by atoms with van der Waals surface area (Å²) < 4.78 is 0. The highest BCUT2D eigenvalue weighted by Crippen LogP contribution is 2.24. The van der Waals surface area contributed by atoms with E-state index in [-0.39, 0.29) is 12.7 Å². The lowest BCUT2D eigenvalue weighted by molar-refractivity contribution is 0.173. The molecule has 108 valence electrons. The van der Waals surface area contributed by atoms with Gasteiger partial charge in [0.25, 0.3) is 0 Å². The third-order valence-corrected chi connectivity index (χ3v) is 3.72. The molecule has 1 rings (SSSR count). The van der Waals surface area contributed by atoms with Gasteiger partial charge in [-0.3, -0.25) is 0 Å². The van der Waals surface area contributed by atoms with E-state index >= 15 is 0 Å². The third kappa shape index (κ3) is 4.22. The molecule has 0 heterocycles. The van der Waals surface area contributed by atoms with Gasteiger partial charge >= 0.3 is 0 Å². The first kappa shape index (κ1) is 16.0. The highest BCUT2D eigenvalue weighted by Gasteiger charge is 2.15. The molecule has 0 radical (unpaired) electrons. The molecule has 0 bridgehead atoms. The summed E-state index contributed by atoms with van der Waals surface area (Å²) in [6, 6.07) is 8.51. The maximum atomic E-state index is 9.81. The van der Waals surface area contributed by atoms with Gasteiger partial charge in [-0.2, -0.15) is 0 Å². The van der Waals surface area contributed by atoms with Crippen molar-refractivity contribution in [2.75, 3.05) is 18.1 Å². The van der Waals surface area contributed by atoms with Crippen LogP contribution < -0.4 is 4.90 Å². The summed E-state index contributed by atoms with van der Waals surface area (Å²) in [5, 5.41) is 19.0. The normalized spacial score (nSPS) is 12.7. The fraction of sp³-hybridized carbons (Fsp3) is 0.625. The Labute approximate surface area is 116 Å². The topological polar surface area (TPSA) is 43.7 Å². The zero-order valence-electron chi connectivity index (χ0n) is 12.3. The van der Waals surface area contributed by atoms with E-state index in [1.165, 1.54) is 0 Å². The molecule has 0 fully saturated rings. The number of aliphatic hydroxyl groups is 2. The van der Waals surface area contributed by atoms with Gasteiger partial charge in [0.1, 0.15) is 0 Å². The number of aliphatic hydroxyl groups excluding tert-OH is 2. The van der Waals surface area contributed by atoms with Crippen LogP contribution in [0.5, 0.6) is 0 Å². The minimum absolute atomic E-state index is 0.163. The number of anilines is 1. The van der Waals surface area contributed by atoms with Gasteiger partial charge in [-0.05, 0) is 37.0 Å². The van der Waals surface area contributed by atoms with Gasteiger partial charge in [0.05, 0.1) is 12.7 Å². The van der Waals surface area contributed by atoms with Crippen LogP contribution in [0.2, 0.25) is 0 Å². The summed E-state index contributed by atoms with van der Waals surface area (Å²) in [6.45, 7) is 7.14. The number of benzene rings is 1. The molecule has 1 aromatic carbocycles. The Morgan fingerprint density at radius 1 is 1.00 bits per heavy atom. The maximum Gasteiger partial charge on any atom is 0.0787 e. The monoisotopic (exact) mass is 265 g/mol. The van der Waals surface area contributed by atoms with E-state index in [9.17, 15) is 10.2 Å². The van der Waals surface area contributed by atoms with Crippen molar-refractivity contribution in [2.24, 2.45) is 0 Å². The van der Waals surface area contributed by atoms with Crippen molar-refractivity contribution in [2.45, 2.75) is 52.2 Å². The van der Waals surface area contributed by atoms with Crippen LogP contribution >= 0.6 is 0 Å². The SMILES string of the molecule is CCC(O)c1ccc(N(CCO)C(CC)CC)cc1. The van der Waals surface area contributed by atoms with Gasteiger partial charge in [0.15, 0.2) is 0 Å². The Kier molecular flexibility index (Phi) is 6.89. The standard InChI is InChI=1S/C16H27NO2/c1-4-14(5-2)17(11-12-18)15-9-7-13(8-10-15)16(19)6-3/h7-10,14,16,18-19H,4-6,11-12H2,1-3H3. The molecule has 0 amide bonds. The van der Waals surface area contributed by atoms with Crippen LogP contribution in [0.4, 0.5) is 5.69 Å². The molecule has 1 aromatic rings. The van der Waals surface area contributed by atoms with Crippen LogP contribution in [0.3, 0.4) is 0 Å². The van der Waals surface area contributed by atoms with Crippen LogP contribution in [0.15, 0.2) is 24.3 Å². The summed E-state index contributed by atoms with van der Waals surface area (Å²) in [5.41, 5.74) is 2.08. The molecule has 2 N–H and O–H groups in total. The molecule has 1 atom stereocenters. The number of hydrogen-bond acceptors (Lipinski definition) is 3. The van der Waals surface area contributed by atoms with Gasteiger partial charge in [-0.1, -0.05) is 32.9 Å². The molecule has 3 nitrogen and oxygen atoms in total. The van der Waals surface area contributed by atoms with Gasteiger partial charge < -0.3 is 15.1 Å². The first-order chi connectivity index (χ1) is 9.17. The van der Waals surface area contributed by atoms with Crippen molar-refractivity contribution in [1.82, 2.24) is 0 Å². The van der Waals surface area contributed by atoms with E-state index in [4.69, 9.17) is 0 Å². The van der Waals surface area contributed by atoms with E-state index in [0.29, 0.717) is 12.6 Å². The maximum absolute atomic E-state index is 9.81. The van der Waals surface area contributed by atoms with Crippen molar-refractivity contribution in [3.05, 3.63) is 29.8 Å². The fourth-order valence-electron chi connectivity index (χ4n) is 2.48. The van der Waals surface area contributed by atoms with Gasteiger partial charge in [-0.25, -0.2) is 0 Å². The summed E-state index contributed by atoms with van der Waals surface area (Å²) in [5.74, 6) is 0. The summed E-state index contributed by atoms with van der Waals surface area (Å²) >= 11 is 0. The molecule has 0 aromatic heterocycles. The molecule has 0 saturated carbocycles. The fourth-order valence-corrected chi connectivity index (χ4v) is 2.48. The summed E-state index contributed by atoms with van der Waals surface area (Å²) in [6.07, 6.45) is 2.48. The average molecular weight is 265 g/mol. The lowest BCUT2D eigenvalue weighted by Crippen LogP contribution is -2.36. The van der Waals surface area contributed by atoms with Crippen molar-refractivity contribution in [3.8, 4) is 0 Å². The highest BCUT2D eigenvalue weighted by molar-refractivity contribution is 5.49.